The van der Waals surface area contributed by atoms with Crippen LogP contribution >= 0.6 is 0 Å². The van der Waals surface area contributed by atoms with Crippen molar-refractivity contribution >= 4 is 5.76 Å². The Hall–Kier alpha value is -3.32. The largest absolute Gasteiger partial charge is 0.508 e. The SMILES string of the molecule is C=C(O)c1ccc(Cn2nc(C)c(-c3ccc(C#N)cc3)c2C)cc1. The Bertz CT molecular complexity index is 958. The van der Waals surface area contributed by atoms with Crippen molar-refractivity contribution < 1.29 is 5.11 Å². The van der Waals surface area contributed by atoms with E-state index in [2.05, 4.69) is 24.7 Å². The van der Waals surface area contributed by atoms with Crippen molar-refractivity contribution in [1.29, 1.82) is 5.26 Å². The molecule has 0 aliphatic rings. The van der Waals surface area contributed by atoms with Crippen LogP contribution in [0.25, 0.3) is 16.9 Å². The van der Waals surface area contributed by atoms with Crippen LogP contribution < -0.4 is 0 Å². The zero-order valence-electron chi connectivity index (χ0n) is 14.3. The summed E-state index contributed by atoms with van der Waals surface area (Å²) in [4.78, 5) is 0. The van der Waals surface area contributed by atoms with Crippen LogP contribution in [-0.4, -0.2) is 14.9 Å². The second-order valence-electron chi connectivity index (χ2n) is 6.04. The van der Waals surface area contributed by atoms with Gasteiger partial charge in [0.05, 0.1) is 23.9 Å². The highest BCUT2D eigenvalue weighted by Gasteiger charge is 2.13. The van der Waals surface area contributed by atoms with Gasteiger partial charge in [-0.25, -0.2) is 0 Å². The highest BCUT2D eigenvalue weighted by molar-refractivity contribution is 5.69. The molecule has 0 radical (unpaired) electrons. The first-order valence-corrected chi connectivity index (χ1v) is 8.01. The van der Waals surface area contributed by atoms with Gasteiger partial charge >= 0.3 is 0 Å². The summed E-state index contributed by atoms with van der Waals surface area (Å²) >= 11 is 0. The summed E-state index contributed by atoms with van der Waals surface area (Å²) in [7, 11) is 0. The molecule has 25 heavy (non-hydrogen) atoms. The van der Waals surface area contributed by atoms with Gasteiger partial charge in [0.15, 0.2) is 0 Å². The summed E-state index contributed by atoms with van der Waals surface area (Å²) in [5.74, 6) is 0.0702. The Morgan fingerprint density at radius 1 is 1.12 bits per heavy atom. The lowest BCUT2D eigenvalue weighted by atomic mass is 10.0. The molecular weight excluding hydrogens is 310 g/mol. The molecule has 1 N–H and O–H groups in total. The minimum absolute atomic E-state index is 0.0702. The van der Waals surface area contributed by atoms with Crippen molar-refractivity contribution in [3.8, 4) is 17.2 Å². The van der Waals surface area contributed by atoms with Crippen LogP contribution in [0.3, 0.4) is 0 Å². The van der Waals surface area contributed by atoms with E-state index < -0.39 is 0 Å². The zero-order valence-corrected chi connectivity index (χ0v) is 14.3. The fourth-order valence-corrected chi connectivity index (χ4v) is 2.96. The first-order chi connectivity index (χ1) is 12.0. The molecule has 0 amide bonds. The van der Waals surface area contributed by atoms with Gasteiger partial charge in [0.25, 0.3) is 0 Å². The molecule has 4 heteroatoms. The van der Waals surface area contributed by atoms with E-state index in [-0.39, 0.29) is 5.76 Å². The highest BCUT2D eigenvalue weighted by atomic mass is 16.3. The second-order valence-corrected chi connectivity index (χ2v) is 6.04. The van der Waals surface area contributed by atoms with Crippen LogP contribution in [0.1, 0.15) is 28.1 Å². The lowest BCUT2D eigenvalue weighted by Crippen LogP contribution is -2.04. The number of hydrogen-bond acceptors (Lipinski definition) is 3. The standard InChI is InChI=1S/C21H19N3O/c1-14-21(20-10-4-17(12-22)5-11-20)15(2)24(23-14)13-18-6-8-19(9-7-18)16(3)25/h4-11,25H,3,13H2,1-2H3. The number of rotatable bonds is 4. The maximum Gasteiger partial charge on any atom is 0.115 e. The predicted molar refractivity (Wildman–Crippen MR) is 99.1 cm³/mol. The maximum atomic E-state index is 9.42. The molecule has 124 valence electrons. The molecule has 0 aliphatic heterocycles. The molecule has 1 aromatic heterocycles. The summed E-state index contributed by atoms with van der Waals surface area (Å²) in [5.41, 5.74) is 6.67. The molecule has 0 atom stereocenters. The first kappa shape index (κ1) is 16.5. The van der Waals surface area contributed by atoms with Crippen LogP contribution in [0.15, 0.2) is 55.1 Å². The molecule has 3 aromatic rings. The Kier molecular flexibility index (Phi) is 4.40. The maximum absolute atomic E-state index is 9.42. The van der Waals surface area contributed by atoms with E-state index in [0.29, 0.717) is 12.1 Å². The van der Waals surface area contributed by atoms with E-state index in [1.165, 1.54) is 0 Å². The van der Waals surface area contributed by atoms with Crippen molar-refractivity contribution in [1.82, 2.24) is 9.78 Å². The van der Waals surface area contributed by atoms with Crippen molar-refractivity contribution in [2.75, 3.05) is 0 Å². The number of aryl methyl sites for hydroxylation is 1. The monoisotopic (exact) mass is 329 g/mol. The third-order valence-electron chi connectivity index (χ3n) is 4.30. The Morgan fingerprint density at radius 2 is 1.76 bits per heavy atom. The third kappa shape index (κ3) is 3.31. The molecule has 2 aromatic carbocycles. The average molecular weight is 329 g/mol. The Balaban J connectivity index is 1.91. The third-order valence-corrected chi connectivity index (χ3v) is 4.30. The van der Waals surface area contributed by atoms with Crippen LogP contribution in [-0.2, 0) is 6.54 Å². The summed E-state index contributed by atoms with van der Waals surface area (Å²) in [6, 6.07) is 17.3. The number of aromatic nitrogens is 2. The van der Waals surface area contributed by atoms with Gasteiger partial charge in [0, 0.05) is 16.8 Å². The van der Waals surface area contributed by atoms with Crippen LogP contribution in [0.2, 0.25) is 0 Å². The molecule has 4 nitrogen and oxygen atoms in total. The lowest BCUT2D eigenvalue weighted by molar-refractivity contribution is 0.514. The van der Waals surface area contributed by atoms with Crippen molar-refractivity contribution in [2.45, 2.75) is 20.4 Å². The van der Waals surface area contributed by atoms with Gasteiger partial charge in [0.1, 0.15) is 5.76 Å². The van der Waals surface area contributed by atoms with E-state index in [9.17, 15) is 5.11 Å². The van der Waals surface area contributed by atoms with Crippen molar-refractivity contribution in [2.24, 2.45) is 0 Å². The smallest absolute Gasteiger partial charge is 0.115 e. The molecule has 0 saturated carbocycles. The minimum Gasteiger partial charge on any atom is -0.508 e. The summed E-state index contributed by atoms with van der Waals surface area (Å²) in [5, 5.41) is 23.0. The van der Waals surface area contributed by atoms with Gasteiger partial charge in [0.2, 0.25) is 0 Å². The number of aliphatic hydroxyl groups excluding tert-OH is 1. The van der Waals surface area contributed by atoms with Gasteiger partial charge in [-0.05, 0) is 37.1 Å². The van der Waals surface area contributed by atoms with E-state index in [4.69, 9.17) is 5.26 Å². The number of nitriles is 1. The number of benzene rings is 2. The van der Waals surface area contributed by atoms with Gasteiger partial charge in [-0.3, -0.25) is 4.68 Å². The van der Waals surface area contributed by atoms with Crippen LogP contribution in [0, 0.1) is 25.2 Å². The van der Waals surface area contributed by atoms with Crippen molar-refractivity contribution in [3.63, 3.8) is 0 Å². The highest BCUT2D eigenvalue weighted by Crippen LogP contribution is 2.27. The molecule has 0 saturated heterocycles. The fourth-order valence-electron chi connectivity index (χ4n) is 2.96. The van der Waals surface area contributed by atoms with E-state index in [0.717, 1.165) is 33.6 Å². The van der Waals surface area contributed by atoms with E-state index in [1.807, 2.05) is 60.1 Å². The predicted octanol–water partition coefficient (Wildman–Crippen LogP) is 4.62. The molecule has 0 spiro atoms. The summed E-state index contributed by atoms with van der Waals surface area (Å²) in [6.45, 7) is 8.23. The van der Waals surface area contributed by atoms with Gasteiger partial charge < -0.3 is 5.11 Å². The summed E-state index contributed by atoms with van der Waals surface area (Å²) in [6.07, 6.45) is 0. The normalized spacial score (nSPS) is 10.4. The Labute approximate surface area is 147 Å². The minimum atomic E-state index is 0.0702. The van der Waals surface area contributed by atoms with Crippen LogP contribution in [0.4, 0.5) is 0 Å². The molecule has 0 bridgehead atoms. The molecule has 0 aliphatic carbocycles. The number of nitrogens with zero attached hydrogens (tertiary/aromatic N) is 3. The lowest BCUT2D eigenvalue weighted by Gasteiger charge is -2.07. The molecule has 0 unspecified atom stereocenters. The topological polar surface area (TPSA) is 61.8 Å². The molecular formula is C21H19N3O. The molecule has 0 fully saturated rings. The van der Waals surface area contributed by atoms with Gasteiger partial charge in [-0.1, -0.05) is 43.0 Å². The quantitative estimate of drug-likeness (QED) is 0.711. The first-order valence-electron chi connectivity index (χ1n) is 8.01. The number of aliphatic hydroxyl groups is 1. The second kappa shape index (κ2) is 6.66. The summed E-state index contributed by atoms with van der Waals surface area (Å²) < 4.78 is 1.98. The van der Waals surface area contributed by atoms with Crippen molar-refractivity contribution in [3.05, 3.63) is 83.2 Å². The Morgan fingerprint density at radius 3 is 2.32 bits per heavy atom. The molecule has 1 heterocycles. The van der Waals surface area contributed by atoms with E-state index >= 15 is 0 Å². The van der Waals surface area contributed by atoms with E-state index in [1.54, 1.807) is 0 Å². The van der Waals surface area contributed by atoms with Gasteiger partial charge in [-0.2, -0.15) is 10.4 Å². The fraction of sp³-hybridized carbons (Fsp3) is 0.143. The average Bonchev–Trinajstić information content (AvgIpc) is 2.89. The van der Waals surface area contributed by atoms with Crippen LogP contribution in [0.5, 0.6) is 0 Å². The molecule has 3 rings (SSSR count). The number of hydrogen-bond donors (Lipinski definition) is 1. The van der Waals surface area contributed by atoms with Gasteiger partial charge in [-0.15, -0.1) is 0 Å². The zero-order chi connectivity index (χ0) is 18.0.